The lowest BCUT2D eigenvalue weighted by Crippen LogP contribution is -2.45. The number of amides is 2. The lowest BCUT2D eigenvalue weighted by Gasteiger charge is -2.28. The minimum absolute atomic E-state index is 0.0000311. The maximum Gasteiger partial charge on any atom is 0.407 e. The fraction of sp³-hybridized carbons (Fsp3) is 0.423. The summed E-state index contributed by atoms with van der Waals surface area (Å²) in [5.41, 5.74) is 4.53. The topological polar surface area (TPSA) is 105 Å². The number of halogens is 2. The number of carboxylic acids is 1. The van der Waals surface area contributed by atoms with Crippen LogP contribution in [0.4, 0.5) is 13.6 Å². The van der Waals surface area contributed by atoms with Crippen molar-refractivity contribution in [1.29, 1.82) is 0 Å². The summed E-state index contributed by atoms with van der Waals surface area (Å²) in [7, 11) is 0. The third-order valence-electron chi connectivity index (χ3n) is 6.83. The minimum Gasteiger partial charge on any atom is -0.477 e. The van der Waals surface area contributed by atoms with E-state index in [1.165, 1.54) is 0 Å². The molecule has 9 heteroatoms. The van der Waals surface area contributed by atoms with Crippen LogP contribution < -0.4 is 10.6 Å². The van der Waals surface area contributed by atoms with Crippen molar-refractivity contribution < 1.29 is 33.0 Å². The molecule has 2 aliphatic rings. The first-order valence-electron chi connectivity index (χ1n) is 11.7. The number of carboxylic acid groups (broad SMARTS) is 1. The van der Waals surface area contributed by atoms with Crippen molar-refractivity contribution in [2.24, 2.45) is 11.8 Å². The van der Waals surface area contributed by atoms with Crippen LogP contribution in [0, 0.1) is 11.8 Å². The molecule has 35 heavy (non-hydrogen) atoms. The van der Waals surface area contributed by atoms with E-state index in [-0.39, 0.29) is 18.4 Å². The number of nitrogens with one attached hydrogen (secondary N) is 2. The molecule has 2 atom stereocenters. The molecule has 0 saturated heterocycles. The zero-order chi connectivity index (χ0) is 25.0. The summed E-state index contributed by atoms with van der Waals surface area (Å²) in [5.74, 6) is -7.40. The molecule has 0 aromatic heterocycles. The monoisotopic (exact) mass is 486 g/mol. The molecule has 0 heterocycles. The number of carbonyl (C=O) groups excluding carboxylic acids is 2. The molecular formula is C26H28F2N2O5. The molecule has 2 aromatic rings. The van der Waals surface area contributed by atoms with E-state index in [1.54, 1.807) is 0 Å². The number of aliphatic carboxylic acids is 1. The summed E-state index contributed by atoms with van der Waals surface area (Å²) in [6.45, 7) is -0.723. The van der Waals surface area contributed by atoms with E-state index in [9.17, 15) is 23.2 Å². The number of rotatable bonds is 8. The van der Waals surface area contributed by atoms with Crippen LogP contribution in [0.2, 0.25) is 0 Å². The minimum atomic E-state index is -4.00. The molecule has 3 N–H and O–H groups in total. The molecule has 1 fully saturated rings. The Kier molecular flexibility index (Phi) is 7.33. The second kappa shape index (κ2) is 10.4. The van der Waals surface area contributed by atoms with E-state index in [0.29, 0.717) is 25.8 Å². The van der Waals surface area contributed by atoms with Crippen molar-refractivity contribution in [3.05, 3.63) is 59.7 Å². The maximum absolute atomic E-state index is 13.2. The Morgan fingerprint density at radius 3 is 2.23 bits per heavy atom. The first-order chi connectivity index (χ1) is 16.8. The molecule has 0 bridgehead atoms. The van der Waals surface area contributed by atoms with Gasteiger partial charge in [-0.2, -0.15) is 8.78 Å². The van der Waals surface area contributed by atoms with Crippen molar-refractivity contribution in [2.75, 3.05) is 19.7 Å². The molecule has 7 nitrogen and oxygen atoms in total. The van der Waals surface area contributed by atoms with Gasteiger partial charge in [-0.3, -0.25) is 4.79 Å². The zero-order valence-electron chi connectivity index (χ0n) is 19.1. The average molecular weight is 487 g/mol. The largest absolute Gasteiger partial charge is 0.477 e. The highest BCUT2D eigenvalue weighted by molar-refractivity contribution is 5.81. The average Bonchev–Trinajstić information content (AvgIpc) is 3.18. The molecular weight excluding hydrogens is 458 g/mol. The van der Waals surface area contributed by atoms with Crippen LogP contribution in [0.25, 0.3) is 11.1 Å². The summed E-state index contributed by atoms with van der Waals surface area (Å²) in [6.07, 6.45) is 1.92. The van der Waals surface area contributed by atoms with Crippen molar-refractivity contribution in [3.8, 4) is 11.1 Å². The Morgan fingerprint density at radius 2 is 1.60 bits per heavy atom. The number of alkyl carbamates (subject to hydrolysis) is 1. The van der Waals surface area contributed by atoms with Crippen LogP contribution >= 0.6 is 0 Å². The highest BCUT2D eigenvalue weighted by Gasteiger charge is 2.40. The van der Waals surface area contributed by atoms with Crippen molar-refractivity contribution in [3.63, 3.8) is 0 Å². The SMILES string of the molecule is O=C(NCC1CCCC(C(=O)NCC(F)(F)C(=O)O)C1)OCC1c2ccccc2-c2ccccc21. The maximum atomic E-state index is 13.2. The highest BCUT2D eigenvalue weighted by atomic mass is 19.3. The number of hydrogen-bond acceptors (Lipinski definition) is 4. The van der Waals surface area contributed by atoms with E-state index in [4.69, 9.17) is 9.84 Å². The molecule has 2 aliphatic carbocycles. The Hall–Kier alpha value is -3.49. The zero-order valence-corrected chi connectivity index (χ0v) is 19.1. The van der Waals surface area contributed by atoms with Gasteiger partial charge in [0.15, 0.2) is 0 Å². The number of hydrogen-bond donors (Lipinski definition) is 3. The molecule has 0 spiro atoms. The predicted octanol–water partition coefficient (Wildman–Crippen LogP) is 4.17. The normalized spacial score (nSPS) is 19.4. The first-order valence-corrected chi connectivity index (χ1v) is 11.7. The number of ether oxygens (including phenoxy) is 1. The van der Waals surface area contributed by atoms with Crippen molar-refractivity contribution >= 4 is 18.0 Å². The van der Waals surface area contributed by atoms with Crippen LogP contribution in [0.3, 0.4) is 0 Å². The third-order valence-corrected chi connectivity index (χ3v) is 6.83. The molecule has 2 amide bonds. The van der Waals surface area contributed by atoms with Gasteiger partial charge >= 0.3 is 18.0 Å². The van der Waals surface area contributed by atoms with E-state index in [2.05, 4.69) is 17.4 Å². The lowest BCUT2D eigenvalue weighted by molar-refractivity contribution is -0.164. The number of carbonyl (C=O) groups is 3. The molecule has 4 rings (SSSR count). The molecule has 0 aliphatic heterocycles. The fourth-order valence-electron chi connectivity index (χ4n) is 5.01. The van der Waals surface area contributed by atoms with E-state index < -0.39 is 36.4 Å². The quantitative estimate of drug-likeness (QED) is 0.520. The van der Waals surface area contributed by atoms with Gasteiger partial charge in [-0.25, -0.2) is 9.59 Å². The van der Waals surface area contributed by atoms with Gasteiger partial charge in [0.25, 0.3) is 0 Å². The van der Waals surface area contributed by atoms with Gasteiger partial charge in [0.2, 0.25) is 5.91 Å². The summed E-state index contributed by atoms with van der Waals surface area (Å²) < 4.78 is 32.0. The standard InChI is InChI=1S/C26H28F2N2O5/c27-26(28,24(32)33)15-30-23(31)17-7-5-6-16(12-17)13-29-25(34)35-14-22-20-10-3-1-8-18(20)19-9-2-4-11-21(19)22/h1-4,8-11,16-17,22H,5-7,12-15H2,(H,29,34)(H,30,31)(H,32,33). The highest BCUT2D eigenvalue weighted by Crippen LogP contribution is 2.44. The van der Waals surface area contributed by atoms with Gasteiger partial charge in [0.1, 0.15) is 6.61 Å². The van der Waals surface area contributed by atoms with Gasteiger partial charge in [-0.05, 0) is 47.4 Å². The number of benzene rings is 2. The van der Waals surface area contributed by atoms with Gasteiger partial charge in [0.05, 0.1) is 6.54 Å². The molecule has 0 radical (unpaired) electrons. The van der Waals surface area contributed by atoms with Gasteiger partial charge in [-0.1, -0.05) is 55.0 Å². The van der Waals surface area contributed by atoms with Crippen LogP contribution in [0.15, 0.2) is 48.5 Å². The number of alkyl halides is 2. The summed E-state index contributed by atoms with van der Waals surface area (Å²) in [4.78, 5) is 35.2. The molecule has 2 unspecified atom stereocenters. The Bertz CT molecular complexity index is 1060. The second-order valence-electron chi connectivity index (χ2n) is 9.16. The summed E-state index contributed by atoms with van der Waals surface area (Å²) >= 11 is 0. The summed E-state index contributed by atoms with van der Waals surface area (Å²) in [5, 5.41) is 13.3. The number of fused-ring (bicyclic) bond motifs is 3. The first kappa shape index (κ1) is 24.6. The second-order valence-corrected chi connectivity index (χ2v) is 9.16. The summed E-state index contributed by atoms with van der Waals surface area (Å²) in [6, 6.07) is 16.1. The fourth-order valence-corrected chi connectivity index (χ4v) is 5.01. The van der Waals surface area contributed by atoms with Crippen molar-refractivity contribution in [2.45, 2.75) is 37.5 Å². The Morgan fingerprint density at radius 1 is 0.971 bits per heavy atom. The van der Waals surface area contributed by atoms with Crippen molar-refractivity contribution in [1.82, 2.24) is 10.6 Å². The van der Waals surface area contributed by atoms with Gasteiger partial charge < -0.3 is 20.5 Å². The van der Waals surface area contributed by atoms with E-state index in [1.807, 2.05) is 41.7 Å². The molecule has 186 valence electrons. The van der Waals surface area contributed by atoms with Crippen LogP contribution in [0.1, 0.15) is 42.7 Å². The smallest absolute Gasteiger partial charge is 0.407 e. The molecule has 1 saturated carbocycles. The van der Waals surface area contributed by atoms with Crippen LogP contribution in [0.5, 0.6) is 0 Å². The lowest BCUT2D eigenvalue weighted by atomic mass is 9.81. The van der Waals surface area contributed by atoms with Gasteiger partial charge in [0, 0.05) is 18.4 Å². The Labute approximate surface area is 201 Å². The van der Waals surface area contributed by atoms with E-state index >= 15 is 0 Å². The van der Waals surface area contributed by atoms with E-state index in [0.717, 1.165) is 28.7 Å². The molecule has 2 aromatic carbocycles. The third kappa shape index (κ3) is 5.61. The predicted molar refractivity (Wildman–Crippen MR) is 124 cm³/mol. The van der Waals surface area contributed by atoms with Crippen LogP contribution in [-0.2, 0) is 14.3 Å². The van der Waals surface area contributed by atoms with Crippen LogP contribution in [-0.4, -0.2) is 48.7 Å². The Balaban J connectivity index is 1.25. The van der Waals surface area contributed by atoms with Gasteiger partial charge in [-0.15, -0.1) is 0 Å².